The molecule has 2 aromatic heterocycles. The van der Waals surface area contributed by atoms with Crippen molar-refractivity contribution in [2.75, 3.05) is 23.3 Å². The van der Waals surface area contributed by atoms with Crippen LogP contribution in [-0.4, -0.2) is 23.1 Å². The fourth-order valence-electron chi connectivity index (χ4n) is 3.12. The standard InChI is InChI=1S/C19H22N4/c1-3-23-12-16(14-5-6-14)8-15-11-21-19(9-17(15)23)22-18-7-4-13(2)10-20-18/h4,7-11,14H,3,5-6,12H2,1-2H3,(H,20,21,22). The number of hydrogen-bond donors (Lipinski definition) is 1. The smallest absolute Gasteiger partial charge is 0.133 e. The Morgan fingerprint density at radius 1 is 1.17 bits per heavy atom. The molecule has 2 aliphatic rings. The van der Waals surface area contributed by atoms with Crippen LogP contribution in [0.3, 0.4) is 0 Å². The van der Waals surface area contributed by atoms with E-state index in [9.17, 15) is 0 Å². The van der Waals surface area contributed by atoms with E-state index in [1.165, 1.54) is 24.1 Å². The number of aromatic nitrogens is 2. The van der Waals surface area contributed by atoms with Crippen molar-refractivity contribution in [3.63, 3.8) is 0 Å². The number of aryl methyl sites for hydroxylation is 1. The van der Waals surface area contributed by atoms with Crippen LogP contribution in [0.1, 0.15) is 30.9 Å². The van der Waals surface area contributed by atoms with Crippen LogP contribution in [0.25, 0.3) is 6.08 Å². The monoisotopic (exact) mass is 306 g/mol. The summed E-state index contributed by atoms with van der Waals surface area (Å²) >= 11 is 0. The molecule has 4 heteroatoms. The number of anilines is 3. The molecule has 4 rings (SSSR count). The van der Waals surface area contributed by atoms with E-state index < -0.39 is 0 Å². The first kappa shape index (κ1) is 14.2. The molecule has 1 N–H and O–H groups in total. The first-order valence-electron chi connectivity index (χ1n) is 8.38. The average Bonchev–Trinajstić information content (AvgIpc) is 3.41. The topological polar surface area (TPSA) is 41.1 Å². The zero-order valence-corrected chi connectivity index (χ0v) is 13.7. The summed E-state index contributed by atoms with van der Waals surface area (Å²) in [6.45, 7) is 6.33. The molecule has 0 saturated heterocycles. The maximum absolute atomic E-state index is 4.57. The van der Waals surface area contributed by atoms with Crippen molar-refractivity contribution >= 4 is 23.4 Å². The molecular formula is C19H22N4. The van der Waals surface area contributed by atoms with E-state index in [0.717, 1.165) is 36.2 Å². The fraction of sp³-hybridized carbons (Fsp3) is 0.368. The van der Waals surface area contributed by atoms with Gasteiger partial charge in [-0.3, -0.25) is 0 Å². The lowest BCUT2D eigenvalue weighted by molar-refractivity contribution is 0.820. The van der Waals surface area contributed by atoms with Crippen molar-refractivity contribution in [1.82, 2.24) is 9.97 Å². The van der Waals surface area contributed by atoms with Crippen LogP contribution in [0.15, 0.2) is 36.2 Å². The number of nitrogens with one attached hydrogen (secondary N) is 1. The van der Waals surface area contributed by atoms with Gasteiger partial charge in [0.2, 0.25) is 0 Å². The van der Waals surface area contributed by atoms with Crippen molar-refractivity contribution < 1.29 is 0 Å². The Hall–Kier alpha value is -2.36. The Kier molecular flexibility index (Phi) is 3.52. The lowest BCUT2D eigenvalue weighted by atomic mass is 10.0. The minimum absolute atomic E-state index is 0.812. The molecule has 0 aromatic carbocycles. The molecular weight excluding hydrogens is 284 g/mol. The van der Waals surface area contributed by atoms with Gasteiger partial charge in [-0.1, -0.05) is 12.1 Å². The third-order valence-corrected chi connectivity index (χ3v) is 4.62. The largest absolute Gasteiger partial charge is 0.367 e. The second kappa shape index (κ2) is 5.69. The number of likely N-dealkylation sites (N-methyl/N-ethyl adjacent to an activating group) is 1. The lowest BCUT2D eigenvalue weighted by Crippen LogP contribution is -2.29. The van der Waals surface area contributed by atoms with Gasteiger partial charge in [-0.15, -0.1) is 0 Å². The lowest BCUT2D eigenvalue weighted by Gasteiger charge is -2.30. The van der Waals surface area contributed by atoms with Gasteiger partial charge in [0.15, 0.2) is 0 Å². The fourth-order valence-corrected chi connectivity index (χ4v) is 3.12. The Morgan fingerprint density at radius 3 is 2.70 bits per heavy atom. The van der Waals surface area contributed by atoms with Crippen molar-refractivity contribution in [1.29, 1.82) is 0 Å². The predicted octanol–water partition coefficient (Wildman–Crippen LogP) is 4.16. The maximum atomic E-state index is 4.57. The van der Waals surface area contributed by atoms with Gasteiger partial charge < -0.3 is 10.2 Å². The van der Waals surface area contributed by atoms with Crippen molar-refractivity contribution in [2.24, 2.45) is 5.92 Å². The molecule has 118 valence electrons. The van der Waals surface area contributed by atoms with Crippen molar-refractivity contribution in [3.05, 3.63) is 47.3 Å². The number of rotatable bonds is 4. The first-order chi connectivity index (χ1) is 11.2. The van der Waals surface area contributed by atoms with Gasteiger partial charge in [0.05, 0.1) is 0 Å². The highest BCUT2D eigenvalue weighted by Crippen LogP contribution is 2.41. The Morgan fingerprint density at radius 2 is 2.00 bits per heavy atom. The van der Waals surface area contributed by atoms with E-state index in [1.807, 2.05) is 25.4 Å². The second-order valence-corrected chi connectivity index (χ2v) is 6.48. The molecule has 1 fully saturated rings. The summed E-state index contributed by atoms with van der Waals surface area (Å²) in [6.07, 6.45) is 8.90. The van der Waals surface area contributed by atoms with Crippen LogP contribution >= 0.6 is 0 Å². The van der Waals surface area contributed by atoms with Gasteiger partial charge in [0.1, 0.15) is 11.6 Å². The van der Waals surface area contributed by atoms with Gasteiger partial charge in [0, 0.05) is 42.8 Å². The molecule has 0 unspecified atom stereocenters. The molecule has 1 saturated carbocycles. The molecule has 1 aliphatic carbocycles. The molecule has 4 nitrogen and oxygen atoms in total. The molecule has 0 atom stereocenters. The molecule has 23 heavy (non-hydrogen) atoms. The summed E-state index contributed by atoms with van der Waals surface area (Å²) in [5.41, 5.74) is 5.23. The van der Waals surface area contributed by atoms with Crippen LogP contribution in [0, 0.1) is 12.8 Å². The Labute approximate surface area is 137 Å². The van der Waals surface area contributed by atoms with E-state index in [2.05, 4.69) is 45.3 Å². The van der Waals surface area contributed by atoms with Crippen LogP contribution < -0.4 is 10.2 Å². The van der Waals surface area contributed by atoms with Crippen LogP contribution in [0.2, 0.25) is 0 Å². The minimum Gasteiger partial charge on any atom is -0.367 e. The summed E-state index contributed by atoms with van der Waals surface area (Å²) in [7, 11) is 0. The zero-order chi connectivity index (χ0) is 15.8. The molecule has 0 spiro atoms. The predicted molar refractivity (Wildman–Crippen MR) is 95.1 cm³/mol. The van der Waals surface area contributed by atoms with Gasteiger partial charge in [-0.05, 0) is 49.8 Å². The molecule has 0 radical (unpaired) electrons. The third-order valence-electron chi connectivity index (χ3n) is 4.62. The highest BCUT2D eigenvalue weighted by Gasteiger charge is 2.29. The SMILES string of the molecule is CCN1CC(C2CC2)=Cc2cnc(Nc3ccc(C)cn3)cc21. The number of hydrogen-bond acceptors (Lipinski definition) is 4. The first-order valence-corrected chi connectivity index (χ1v) is 8.38. The third kappa shape index (κ3) is 2.93. The summed E-state index contributed by atoms with van der Waals surface area (Å²) in [5, 5.41) is 3.30. The van der Waals surface area contributed by atoms with Crippen LogP contribution in [-0.2, 0) is 0 Å². The van der Waals surface area contributed by atoms with Crippen LogP contribution in [0.4, 0.5) is 17.3 Å². The summed E-state index contributed by atoms with van der Waals surface area (Å²) in [4.78, 5) is 11.4. The van der Waals surface area contributed by atoms with Gasteiger partial charge in [-0.2, -0.15) is 0 Å². The van der Waals surface area contributed by atoms with E-state index in [1.54, 1.807) is 5.57 Å². The Bertz CT molecular complexity index is 744. The van der Waals surface area contributed by atoms with Gasteiger partial charge >= 0.3 is 0 Å². The average molecular weight is 306 g/mol. The summed E-state index contributed by atoms with van der Waals surface area (Å²) < 4.78 is 0. The summed E-state index contributed by atoms with van der Waals surface area (Å²) in [6, 6.07) is 6.18. The molecule has 3 heterocycles. The molecule has 1 aliphatic heterocycles. The van der Waals surface area contributed by atoms with E-state index in [4.69, 9.17) is 0 Å². The maximum Gasteiger partial charge on any atom is 0.133 e. The van der Waals surface area contributed by atoms with E-state index in [-0.39, 0.29) is 0 Å². The quantitative estimate of drug-likeness (QED) is 0.921. The highest BCUT2D eigenvalue weighted by molar-refractivity contribution is 5.76. The van der Waals surface area contributed by atoms with Crippen LogP contribution in [0.5, 0.6) is 0 Å². The Balaban J connectivity index is 1.63. The second-order valence-electron chi connectivity index (χ2n) is 6.48. The van der Waals surface area contributed by atoms with E-state index >= 15 is 0 Å². The van der Waals surface area contributed by atoms with E-state index in [0.29, 0.717) is 0 Å². The molecule has 0 bridgehead atoms. The number of nitrogens with zero attached hydrogens (tertiary/aromatic N) is 3. The van der Waals surface area contributed by atoms with Crippen molar-refractivity contribution in [2.45, 2.75) is 26.7 Å². The normalized spacial score (nSPS) is 16.8. The zero-order valence-electron chi connectivity index (χ0n) is 13.7. The van der Waals surface area contributed by atoms with Gasteiger partial charge in [0.25, 0.3) is 0 Å². The summed E-state index contributed by atoms with van der Waals surface area (Å²) in [5.74, 6) is 2.49. The molecule has 2 aromatic rings. The van der Waals surface area contributed by atoms with Gasteiger partial charge in [-0.25, -0.2) is 9.97 Å². The molecule has 0 amide bonds. The highest BCUT2D eigenvalue weighted by atomic mass is 15.1. The number of pyridine rings is 2. The van der Waals surface area contributed by atoms with Crippen molar-refractivity contribution in [3.8, 4) is 0 Å². The minimum atomic E-state index is 0.812. The number of fused-ring (bicyclic) bond motifs is 1.